The van der Waals surface area contributed by atoms with Gasteiger partial charge in [-0.1, -0.05) is 6.07 Å². The second-order valence-electron chi connectivity index (χ2n) is 7.04. The smallest absolute Gasteiger partial charge is 0.229 e. The van der Waals surface area contributed by atoms with Gasteiger partial charge in [-0.3, -0.25) is 14.2 Å². The summed E-state index contributed by atoms with van der Waals surface area (Å²) in [5.41, 5.74) is 3.75. The number of carbonyl (C=O) groups is 2. The molecule has 2 amide bonds. The van der Waals surface area contributed by atoms with Gasteiger partial charge in [-0.15, -0.1) is 0 Å². The van der Waals surface area contributed by atoms with Gasteiger partial charge in [-0.2, -0.15) is 0 Å². The number of rotatable bonds is 4. The van der Waals surface area contributed by atoms with Crippen LogP contribution < -0.4 is 10.2 Å². The molecule has 1 atom stereocenters. The second kappa shape index (κ2) is 7.26. The first-order valence-electron chi connectivity index (χ1n) is 9.14. The molecule has 3 heterocycles. The second-order valence-corrected chi connectivity index (χ2v) is 7.04. The Hall–Kier alpha value is -3.48. The summed E-state index contributed by atoms with van der Waals surface area (Å²) in [6.07, 6.45) is 6.94. The lowest BCUT2D eigenvalue weighted by atomic mass is 10.1. The average molecular weight is 375 g/mol. The van der Waals surface area contributed by atoms with Gasteiger partial charge in [0.15, 0.2) is 0 Å². The number of amides is 2. The highest BCUT2D eigenvalue weighted by Crippen LogP contribution is 2.27. The lowest BCUT2D eigenvalue weighted by Gasteiger charge is -2.18. The van der Waals surface area contributed by atoms with E-state index in [0.29, 0.717) is 18.1 Å². The van der Waals surface area contributed by atoms with Crippen LogP contribution in [0.4, 0.5) is 11.4 Å². The molecule has 2 aromatic heterocycles. The molecule has 1 aromatic carbocycles. The molecular formula is C21H21N5O2. The molecular weight excluding hydrogens is 354 g/mol. The van der Waals surface area contributed by atoms with Crippen molar-refractivity contribution in [1.82, 2.24) is 14.5 Å². The number of nitrogens with one attached hydrogen (secondary N) is 1. The van der Waals surface area contributed by atoms with E-state index in [2.05, 4.69) is 15.3 Å². The molecule has 0 bridgehead atoms. The van der Waals surface area contributed by atoms with Crippen LogP contribution in [0.5, 0.6) is 0 Å². The number of imidazole rings is 1. The largest absolute Gasteiger partial charge is 0.324 e. The van der Waals surface area contributed by atoms with Crippen LogP contribution in [0.25, 0.3) is 5.82 Å². The predicted octanol–water partition coefficient (Wildman–Crippen LogP) is 2.88. The highest BCUT2D eigenvalue weighted by molar-refractivity contribution is 6.03. The molecule has 1 fully saturated rings. The zero-order valence-electron chi connectivity index (χ0n) is 15.8. The zero-order valence-corrected chi connectivity index (χ0v) is 15.8. The zero-order chi connectivity index (χ0) is 19.7. The quantitative estimate of drug-likeness (QED) is 0.760. The van der Waals surface area contributed by atoms with Crippen LogP contribution in [-0.2, 0) is 9.59 Å². The summed E-state index contributed by atoms with van der Waals surface area (Å²) in [6.45, 7) is 4.44. The molecule has 0 radical (unpaired) electrons. The van der Waals surface area contributed by atoms with E-state index in [0.717, 1.165) is 11.3 Å². The molecule has 0 aliphatic carbocycles. The summed E-state index contributed by atoms with van der Waals surface area (Å²) in [6, 6.07) is 9.51. The van der Waals surface area contributed by atoms with Gasteiger partial charge in [0.05, 0.1) is 17.8 Å². The van der Waals surface area contributed by atoms with Crippen molar-refractivity contribution in [3.05, 3.63) is 66.4 Å². The van der Waals surface area contributed by atoms with Crippen molar-refractivity contribution >= 4 is 23.2 Å². The Morgan fingerprint density at radius 2 is 2.04 bits per heavy atom. The van der Waals surface area contributed by atoms with Crippen LogP contribution in [0.15, 0.2) is 55.2 Å². The summed E-state index contributed by atoms with van der Waals surface area (Å²) in [5.74, 6) is 0.128. The fraction of sp³-hybridized carbons (Fsp3) is 0.238. The maximum absolute atomic E-state index is 12.6. The van der Waals surface area contributed by atoms with Gasteiger partial charge in [0.25, 0.3) is 0 Å². The minimum atomic E-state index is -0.387. The maximum atomic E-state index is 12.6. The molecule has 0 saturated carbocycles. The van der Waals surface area contributed by atoms with E-state index in [1.54, 1.807) is 46.5 Å². The van der Waals surface area contributed by atoms with Gasteiger partial charge in [-0.05, 0) is 49.2 Å². The highest BCUT2D eigenvalue weighted by atomic mass is 16.2. The average Bonchev–Trinajstić information content (AvgIpc) is 3.35. The van der Waals surface area contributed by atoms with Crippen LogP contribution in [0.3, 0.4) is 0 Å². The Labute approximate surface area is 163 Å². The summed E-state index contributed by atoms with van der Waals surface area (Å²) in [7, 11) is 0. The van der Waals surface area contributed by atoms with Crippen molar-refractivity contribution in [2.24, 2.45) is 5.92 Å². The molecule has 1 unspecified atom stereocenters. The van der Waals surface area contributed by atoms with Gasteiger partial charge in [0.2, 0.25) is 11.8 Å². The van der Waals surface area contributed by atoms with Gasteiger partial charge in [0, 0.05) is 31.0 Å². The molecule has 1 aliphatic rings. The summed E-state index contributed by atoms with van der Waals surface area (Å²) in [5, 5.41) is 2.86. The lowest BCUT2D eigenvalue weighted by Crippen LogP contribution is -2.28. The normalized spacial score (nSPS) is 16.4. The van der Waals surface area contributed by atoms with Gasteiger partial charge in [-0.25, -0.2) is 9.97 Å². The van der Waals surface area contributed by atoms with Crippen LogP contribution in [0.2, 0.25) is 0 Å². The van der Waals surface area contributed by atoms with E-state index in [9.17, 15) is 9.59 Å². The van der Waals surface area contributed by atoms with Crippen LogP contribution >= 0.6 is 0 Å². The molecule has 28 heavy (non-hydrogen) atoms. The molecule has 1 N–H and O–H groups in total. The van der Waals surface area contributed by atoms with Gasteiger partial charge >= 0.3 is 0 Å². The standard InChI is InChI=1S/C21H21N5O2/c1-14-3-5-18(9-15(14)2)26-12-16(10-20(26)27)21(28)24-17-4-6-19(23-11-17)25-8-7-22-13-25/h3-9,11,13,16H,10,12H2,1-2H3,(H,24,28). The van der Waals surface area contributed by atoms with E-state index < -0.39 is 0 Å². The van der Waals surface area contributed by atoms with Crippen molar-refractivity contribution in [2.45, 2.75) is 20.3 Å². The lowest BCUT2D eigenvalue weighted by molar-refractivity contribution is -0.122. The van der Waals surface area contributed by atoms with E-state index in [1.165, 1.54) is 5.56 Å². The Bertz CT molecular complexity index is 1010. The SMILES string of the molecule is Cc1ccc(N2CC(C(=O)Nc3ccc(-n4ccnc4)nc3)CC2=O)cc1C. The Kier molecular flexibility index (Phi) is 4.65. The molecule has 0 spiro atoms. The predicted molar refractivity (Wildman–Crippen MR) is 106 cm³/mol. The van der Waals surface area contributed by atoms with Crippen LogP contribution in [0, 0.1) is 19.8 Å². The number of pyridine rings is 1. The van der Waals surface area contributed by atoms with Crippen molar-refractivity contribution in [3.63, 3.8) is 0 Å². The Morgan fingerprint density at radius 3 is 2.71 bits per heavy atom. The van der Waals surface area contributed by atoms with Crippen LogP contribution in [-0.4, -0.2) is 32.9 Å². The molecule has 1 saturated heterocycles. The summed E-state index contributed by atoms with van der Waals surface area (Å²) in [4.78, 5) is 35.1. The third-order valence-electron chi connectivity index (χ3n) is 5.08. The highest BCUT2D eigenvalue weighted by Gasteiger charge is 2.35. The van der Waals surface area contributed by atoms with E-state index in [4.69, 9.17) is 0 Å². The molecule has 7 nitrogen and oxygen atoms in total. The number of hydrogen-bond acceptors (Lipinski definition) is 4. The third-order valence-corrected chi connectivity index (χ3v) is 5.08. The fourth-order valence-electron chi connectivity index (χ4n) is 3.28. The van der Waals surface area contributed by atoms with Crippen molar-refractivity contribution in [3.8, 4) is 5.82 Å². The first-order valence-corrected chi connectivity index (χ1v) is 9.14. The van der Waals surface area contributed by atoms with Crippen molar-refractivity contribution in [2.75, 3.05) is 16.8 Å². The Balaban J connectivity index is 1.42. The van der Waals surface area contributed by atoms with Gasteiger partial charge in [0.1, 0.15) is 12.1 Å². The maximum Gasteiger partial charge on any atom is 0.229 e. The number of carbonyl (C=O) groups excluding carboxylic acids is 2. The summed E-state index contributed by atoms with van der Waals surface area (Å²) < 4.78 is 1.78. The third kappa shape index (κ3) is 3.51. The molecule has 4 rings (SSSR count). The Morgan fingerprint density at radius 1 is 1.18 bits per heavy atom. The van der Waals surface area contributed by atoms with Crippen molar-refractivity contribution in [1.29, 1.82) is 0 Å². The fourth-order valence-corrected chi connectivity index (χ4v) is 3.28. The number of aromatic nitrogens is 3. The topological polar surface area (TPSA) is 80.1 Å². The number of hydrogen-bond donors (Lipinski definition) is 1. The monoisotopic (exact) mass is 375 g/mol. The minimum Gasteiger partial charge on any atom is -0.324 e. The first-order chi connectivity index (χ1) is 13.5. The number of benzene rings is 1. The minimum absolute atomic E-state index is 0.0306. The van der Waals surface area contributed by atoms with E-state index >= 15 is 0 Å². The van der Waals surface area contributed by atoms with Crippen molar-refractivity contribution < 1.29 is 9.59 Å². The molecule has 1 aliphatic heterocycles. The van der Waals surface area contributed by atoms with Gasteiger partial charge < -0.3 is 10.2 Å². The molecule has 142 valence electrons. The molecule has 3 aromatic rings. The molecule has 7 heteroatoms. The number of aryl methyl sites for hydroxylation is 2. The van der Waals surface area contributed by atoms with Crippen LogP contribution in [0.1, 0.15) is 17.5 Å². The summed E-state index contributed by atoms with van der Waals surface area (Å²) >= 11 is 0. The van der Waals surface area contributed by atoms with E-state index in [-0.39, 0.29) is 24.2 Å². The number of nitrogens with zero attached hydrogens (tertiary/aromatic N) is 4. The first kappa shape index (κ1) is 17.9. The van der Waals surface area contributed by atoms with E-state index in [1.807, 2.05) is 32.0 Å². The number of anilines is 2.